The number of carbonyl (C=O) groups is 3. The highest BCUT2D eigenvalue weighted by Gasteiger charge is 2.25. The van der Waals surface area contributed by atoms with Gasteiger partial charge in [-0.3, -0.25) is 14.4 Å². The van der Waals surface area contributed by atoms with Crippen LogP contribution in [0.25, 0.3) is 5.69 Å². The second-order valence-electron chi connectivity index (χ2n) is 8.59. The number of benzene rings is 2. The number of aryl methyl sites for hydroxylation is 1. The van der Waals surface area contributed by atoms with Gasteiger partial charge in [0.25, 0.3) is 5.91 Å². The van der Waals surface area contributed by atoms with Crippen LogP contribution in [0.5, 0.6) is 0 Å². The predicted molar refractivity (Wildman–Crippen MR) is 129 cm³/mol. The molecule has 1 aliphatic rings. The number of rotatable bonds is 3. The number of carbonyl (C=O) groups excluding carboxylic acids is 3. The zero-order chi connectivity index (χ0) is 24.9. The van der Waals surface area contributed by atoms with Gasteiger partial charge in [0.15, 0.2) is 17.3 Å². The number of nitrogens with zero attached hydrogens (tertiary/aromatic N) is 3. The van der Waals surface area contributed by atoms with Crippen molar-refractivity contribution in [2.75, 3.05) is 5.32 Å². The van der Waals surface area contributed by atoms with E-state index in [9.17, 15) is 18.8 Å². The Labute approximate surface area is 206 Å². The molecule has 0 saturated heterocycles. The van der Waals surface area contributed by atoms with Crippen molar-refractivity contribution in [2.45, 2.75) is 45.1 Å². The minimum absolute atomic E-state index is 0.0528. The van der Waals surface area contributed by atoms with Crippen LogP contribution in [-0.2, 0) is 16.0 Å². The summed E-state index contributed by atoms with van der Waals surface area (Å²) < 4.78 is 15.4. The van der Waals surface area contributed by atoms with Gasteiger partial charge in [-0.25, -0.2) is 9.07 Å². The van der Waals surface area contributed by atoms with E-state index in [0.717, 1.165) is 10.2 Å². The molecule has 35 heavy (non-hydrogen) atoms. The van der Waals surface area contributed by atoms with Crippen molar-refractivity contribution in [3.63, 3.8) is 0 Å². The number of anilines is 1. The number of halogens is 2. The Kier molecular flexibility index (Phi) is 7.55. The van der Waals surface area contributed by atoms with E-state index < -0.39 is 17.8 Å². The van der Waals surface area contributed by atoms with Crippen molar-refractivity contribution in [1.82, 2.24) is 20.3 Å². The number of para-hydroxylation sites is 1. The molecule has 2 heterocycles. The Balaban J connectivity index is 1.50. The Morgan fingerprint density at radius 3 is 2.77 bits per heavy atom. The SMILES string of the molecule is C[C@@H]1CCC[C@H](NC(=O)c2cn(-c3cccc(Cl)c3F)nn2)C(=O)CCc2ccccc2NC1=O. The lowest BCUT2D eigenvalue weighted by atomic mass is 9.94. The van der Waals surface area contributed by atoms with Crippen molar-refractivity contribution >= 4 is 34.9 Å². The van der Waals surface area contributed by atoms with E-state index in [1.165, 1.54) is 18.3 Å². The molecule has 10 heteroatoms. The maximum absolute atomic E-state index is 14.3. The van der Waals surface area contributed by atoms with E-state index >= 15 is 0 Å². The number of ketones is 1. The van der Waals surface area contributed by atoms with Crippen LogP contribution in [0, 0.1) is 11.7 Å². The maximum Gasteiger partial charge on any atom is 0.274 e. The quantitative estimate of drug-likeness (QED) is 0.566. The standard InChI is InChI=1S/C25H25ClFN5O3/c1-15-6-4-10-19(22(33)13-12-16-7-2-3-9-18(16)28-24(15)34)29-25(35)20-14-32(31-30-20)21-11-5-8-17(26)23(21)27/h2-3,5,7-9,11,14-15,19H,4,6,10,12-13H2,1H3,(H,28,34)(H,29,35)/t15-,19+/m1/s1. The van der Waals surface area contributed by atoms with E-state index in [1.54, 1.807) is 6.07 Å². The molecular weight excluding hydrogens is 473 g/mol. The normalized spacial score (nSPS) is 19.2. The molecule has 1 aliphatic heterocycles. The van der Waals surface area contributed by atoms with Crippen molar-refractivity contribution < 1.29 is 18.8 Å². The highest BCUT2D eigenvalue weighted by molar-refractivity contribution is 6.30. The molecule has 3 aromatic rings. The van der Waals surface area contributed by atoms with E-state index in [4.69, 9.17) is 11.6 Å². The molecule has 0 unspecified atom stereocenters. The molecule has 2 atom stereocenters. The fraction of sp³-hybridized carbons (Fsp3) is 0.320. The molecule has 0 aliphatic carbocycles. The first-order valence-corrected chi connectivity index (χ1v) is 11.8. The second kappa shape index (κ2) is 10.8. The van der Waals surface area contributed by atoms with Gasteiger partial charge in [-0.1, -0.05) is 54.4 Å². The summed E-state index contributed by atoms with van der Waals surface area (Å²) >= 11 is 5.83. The van der Waals surface area contributed by atoms with Crippen molar-refractivity contribution in [1.29, 1.82) is 0 Å². The molecule has 0 saturated carbocycles. The summed E-state index contributed by atoms with van der Waals surface area (Å²) in [4.78, 5) is 38.5. The number of hydrogen-bond donors (Lipinski definition) is 2. The molecule has 0 bridgehead atoms. The summed E-state index contributed by atoms with van der Waals surface area (Å²) in [6, 6.07) is 11.1. The Bertz CT molecular complexity index is 1260. The smallest absolute Gasteiger partial charge is 0.274 e. The van der Waals surface area contributed by atoms with Gasteiger partial charge in [-0.15, -0.1) is 5.10 Å². The van der Waals surface area contributed by atoms with Crippen molar-refractivity contribution in [2.24, 2.45) is 5.92 Å². The summed E-state index contributed by atoms with van der Waals surface area (Å²) in [5.74, 6) is -1.70. The van der Waals surface area contributed by atoms with Crippen LogP contribution in [0.3, 0.4) is 0 Å². The Hall–Kier alpha value is -3.59. The molecule has 182 valence electrons. The average Bonchev–Trinajstić information content (AvgIpc) is 3.34. The molecule has 4 rings (SSSR count). The number of Topliss-reactive ketones (excluding diaryl/α,β-unsaturated/α-hetero) is 1. The van der Waals surface area contributed by atoms with Crippen LogP contribution < -0.4 is 10.6 Å². The van der Waals surface area contributed by atoms with Crippen LogP contribution in [0.2, 0.25) is 5.02 Å². The molecule has 2 amide bonds. The monoisotopic (exact) mass is 497 g/mol. The molecule has 1 aromatic heterocycles. The highest BCUT2D eigenvalue weighted by atomic mass is 35.5. The zero-order valence-corrected chi connectivity index (χ0v) is 19.9. The van der Waals surface area contributed by atoms with Gasteiger partial charge in [0, 0.05) is 18.0 Å². The molecule has 2 N–H and O–H groups in total. The molecule has 0 radical (unpaired) electrons. The summed E-state index contributed by atoms with van der Waals surface area (Å²) in [6.45, 7) is 1.84. The zero-order valence-electron chi connectivity index (χ0n) is 19.1. The third kappa shape index (κ3) is 5.74. The number of hydrogen-bond acceptors (Lipinski definition) is 5. The summed E-state index contributed by atoms with van der Waals surface area (Å²) in [5, 5.41) is 13.3. The Morgan fingerprint density at radius 2 is 1.94 bits per heavy atom. The van der Waals surface area contributed by atoms with Crippen LogP contribution >= 0.6 is 11.6 Å². The van der Waals surface area contributed by atoms with Gasteiger partial charge in [0.05, 0.1) is 17.3 Å². The van der Waals surface area contributed by atoms with E-state index in [-0.39, 0.29) is 40.4 Å². The molecule has 0 spiro atoms. The van der Waals surface area contributed by atoms with Crippen LogP contribution in [-0.4, -0.2) is 38.6 Å². The van der Waals surface area contributed by atoms with E-state index in [1.807, 2.05) is 31.2 Å². The highest BCUT2D eigenvalue weighted by Crippen LogP contribution is 2.22. The third-order valence-corrected chi connectivity index (χ3v) is 6.38. The fourth-order valence-corrected chi connectivity index (χ4v) is 4.18. The second-order valence-corrected chi connectivity index (χ2v) is 9.00. The van der Waals surface area contributed by atoms with Gasteiger partial charge < -0.3 is 10.6 Å². The fourth-order valence-electron chi connectivity index (χ4n) is 4.01. The van der Waals surface area contributed by atoms with Crippen molar-refractivity contribution in [3.05, 3.63) is 70.8 Å². The maximum atomic E-state index is 14.3. The number of nitrogens with one attached hydrogen (secondary N) is 2. The number of amides is 2. The summed E-state index contributed by atoms with van der Waals surface area (Å²) in [7, 11) is 0. The van der Waals surface area contributed by atoms with Gasteiger partial charge in [-0.05, 0) is 43.0 Å². The van der Waals surface area contributed by atoms with Crippen LogP contribution in [0.1, 0.15) is 48.7 Å². The summed E-state index contributed by atoms with van der Waals surface area (Å²) in [6.07, 6.45) is 3.45. The number of aromatic nitrogens is 3. The lowest BCUT2D eigenvalue weighted by Gasteiger charge is -2.21. The van der Waals surface area contributed by atoms with Gasteiger partial charge in [-0.2, -0.15) is 0 Å². The van der Waals surface area contributed by atoms with E-state index in [0.29, 0.717) is 31.4 Å². The largest absolute Gasteiger partial charge is 0.341 e. The number of fused-ring (bicyclic) bond motifs is 1. The predicted octanol–water partition coefficient (Wildman–Crippen LogP) is 4.12. The topological polar surface area (TPSA) is 106 Å². The van der Waals surface area contributed by atoms with Crippen molar-refractivity contribution in [3.8, 4) is 5.69 Å². The van der Waals surface area contributed by atoms with Gasteiger partial charge >= 0.3 is 0 Å². The first-order chi connectivity index (χ1) is 16.8. The lowest BCUT2D eigenvalue weighted by molar-refractivity contribution is -0.121. The third-order valence-electron chi connectivity index (χ3n) is 6.09. The Morgan fingerprint density at radius 1 is 1.14 bits per heavy atom. The first kappa shape index (κ1) is 24.5. The molecule has 8 nitrogen and oxygen atoms in total. The van der Waals surface area contributed by atoms with Crippen LogP contribution in [0.4, 0.5) is 10.1 Å². The molecule has 2 aromatic carbocycles. The lowest BCUT2D eigenvalue weighted by Crippen LogP contribution is -2.41. The minimum atomic E-state index is -0.739. The minimum Gasteiger partial charge on any atom is -0.341 e. The molecule has 0 fully saturated rings. The summed E-state index contributed by atoms with van der Waals surface area (Å²) in [5.41, 5.74) is 1.56. The van der Waals surface area contributed by atoms with Crippen LogP contribution in [0.15, 0.2) is 48.7 Å². The average molecular weight is 498 g/mol. The molecular formula is C25H25ClFN5O3. The van der Waals surface area contributed by atoms with Gasteiger partial charge in [0.2, 0.25) is 5.91 Å². The van der Waals surface area contributed by atoms with E-state index in [2.05, 4.69) is 20.9 Å². The first-order valence-electron chi connectivity index (χ1n) is 11.4. The van der Waals surface area contributed by atoms with Gasteiger partial charge in [0.1, 0.15) is 5.69 Å².